The minimum atomic E-state index is -2.98. The van der Waals surface area contributed by atoms with Crippen LogP contribution in [0.25, 0.3) is 6.08 Å². The number of benzene rings is 4. The van der Waals surface area contributed by atoms with Crippen molar-refractivity contribution < 1.29 is 4.74 Å². The third-order valence-corrected chi connectivity index (χ3v) is 17.6. The fourth-order valence-electron chi connectivity index (χ4n) is 5.58. The first-order chi connectivity index (χ1) is 20.6. The van der Waals surface area contributed by atoms with E-state index in [1.54, 1.807) is 0 Å². The van der Waals surface area contributed by atoms with Crippen molar-refractivity contribution in [3.05, 3.63) is 139 Å². The molecule has 0 heterocycles. The van der Waals surface area contributed by atoms with Crippen molar-refractivity contribution in [2.75, 3.05) is 12.8 Å². The molecule has 0 fully saturated rings. The van der Waals surface area contributed by atoms with Gasteiger partial charge in [0.05, 0.1) is 0 Å². The molecule has 0 saturated heterocycles. The molecule has 0 spiro atoms. The monoisotopic (exact) mass is 640 g/mol. The molecule has 220 valence electrons. The Morgan fingerprint density at radius 3 is 1.67 bits per heavy atom. The summed E-state index contributed by atoms with van der Waals surface area (Å²) < 4.78 is 6.23. The molecule has 0 radical (unpaired) electrons. The van der Waals surface area contributed by atoms with E-state index in [9.17, 15) is 0 Å². The van der Waals surface area contributed by atoms with E-state index >= 15 is 0 Å². The van der Waals surface area contributed by atoms with Crippen molar-refractivity contribution in [2.24, 2.45) is 0 Å². The summed E-state index contributed by atoms with van der Waals surface area (Å²) in [6.07, 6.45) is 16.7. The van der Waals surface area contributed by atoms with Crippen LogP contribution in [0.5, 0.6) is 5.75 Å². The van der Waals surface area contributed by atoms with E-state index in [0.717, 1.165) is 30.5 Å². The second-order valence-corrected chi connectivity index (χ2v) is 20.1. The number of rotatable bonds is 16. The molecule has 0 aromatic heterocycles. The quantitative estimate of drug-likeness (QED) is 0.0672. The van der Waals surface area contributed by atoms with Gasteiger partial charge in [0.15, 0.2) is 0 Å². The molecule has 0 unspecified atom stereocenters. The van der Waals surface area contributed by atoms with Crippen LogP contribution in [0.3, 0.4) is 0 Å². The molecule has 0 saturated carbocycles. The number of halogens is 1. The minimum absolute atomic E-state index is 0.775. The van der Waals surface area contributed by atoms with Gasteiger partial charge in [-0.1, -0.05) is 32.6 Å². The van der Waals surface area contributed by atoms with Crippen LogP contribution in [0, 0.1) is 0 Å². The topological polar surface area (TPSA) is 9.23 Å². The van der Waals surface area contributed by atoms with Crippen molar-refractivity contribution in [3.63, 3.8) is 0 Å². The fraction of sp³-hybridized carbons (Fsp3) is 0.282. The molecule has 0 amide bonds. The van der Waals surface area contributed by atoms with E-state index in [0.29, 0.717) is 0 Å². The molecule has 4 rings (SSSR count). The summed E-state index contributed by atoms with van der Waals surface area (Å²) in [5, 5.41) is 1.01. The summed E-state index contributed by atoms with van der Waals surface area (Å²) in [4.78, 5) is 0. The van der Waals surface area contributed by atoms with Gasteiger partial charge >= 0.3 is 231 Å². The van der Waals surface area contributed by atoms with E-state index in [-0.39, 0.29) is 0 Å². The van der Waals surface area contributed by atoms with Crippen molar-refractivity contribution in [1.29, 1.82) is 0 Å². The first-order valence-electron chi connectivity index (χ1n) is 15.5. The summed E-state index contributed by atoms with van der Waals surface area (Å²) in [6.45, 7) is 5.24. The first kappa shape index (κ1) is 32.0. The number of hydrogen-bond acceptors (Lipinski definition) is 1. The zero-order chi connectivity index (χ0) is 29.5. The second-order valence-electron chi connectivity index (χ2n) is 11.2. The standard InChI is InChI=1S/C39H46BrOP/c1-3-4-5-6-7-8-20-32-41-39-28-19-18-21-35(39)30-29-34(2)31-33-42(40,36-22-12-9-13-23-36,37-24-14-10-15-25-37)38-26-16-11-17-27-38/h9-19,21-31H,3-8,20,32-33H2,1-2H3/b30-29+,34-31+. The Morgan fingerprint density at radius 1 is 0.643 bits per heavy atom. The van der Waals surface area contributed by atoms with Crippen LogP contribution in [-0.2, 0) is 0 Å². The number of allylic oxidation sites excluding steroid dienone is 3. The molecular formula is C39H46BrOP. The van der Waals surface area contributed by atoms with E-state index in [1.807, 2.05) is 0 Å². The van der Waals surface area contributed by atoms with E-state index in [2.05, 4.69) is 163 Å². The van der Waals surface area contributed by atoms with E-state index in [4.69, 9.17) is 4.74 Å². The van der Waals surface area contributed by atoms with Crippen LogP contribution in [0.15, 0.2) is 133 Å². The van der Waals surface area contributed by atoms with Crippen LogP contribution < -0.4 is 20.7 Å². The fourth-order valence-corrected chi connectivity index (χ4v) is 12.7. The number of unbranched alkanes of at least 4 members (excludes halogenated alkanes) is 6. The van der Waals surface area contributed by atoms with Crippen molar-refractivity contribution in [3.8, 4) is 5.75 Å². The van der Waals surface area contributed by atoms with Crippen LogP contribution in [-0.4, -0.2) is 12.8 Å². The predicted octanol–water partition coefficient (Wildman–Crippen LogP) is 10.6. The predicted molar refractivity (Wildman–Crippen MR) is 192 cm³/mol. The second kappa shape index (κ2) is 16.1. The van der Waals surface area contributed by atoms with Crippen LogP contribution in [0.4, 0.5) is 0 Å². The average Bonchev–Trinajstić information content (AvgIpc) is 3.05. The molecule has 4 aromatic rings. The van der Waals surface area contributed by atoms with Gasteiger partial charge in [-0.05, 0) is 0 Å². The summed E-state index contributed by atoms with van der Waals surface area (Å²) in [6, 6.07) is 41.3. The Kier molecular flexibility index (Phi) is 12.2. The molecule has 1 nitrogen and oxygen atoms in total. The summed E-state index contributed by atoms with van der Waals surface area (Å²) in [5.74, 6) is 0.963. The number of ether oxygens (including phenoxy) is 1. The molecular weight excluding hydrogens is 595 g/mol. The van der Waals surface area contributed by atoms with Crippen molar-refractivity contribution in [1.82, 2.24) is 0 Å². The molecule has 0 atom stereocenters. The van der Waals surface area contributed by atoms with Gasteiger partial charge in [0.25, 0.3) is 0 Å². The average molecular weight is 642 g/mol. The molecule has 4 aromatic carbocycles. The zero-order valence-corrected chi connectivity index (χ0v) is 27.8. The van der Waals surface area contributed by atoms with Gasteiger partial charge in [-0.2, -0.15) is 0 Å². The number of para-hydroxylation sites is 1. The van der Waals surface area contributed by atoms with Crippen molar-refractivity contribution >= 4 is 42.8 Å². The normalized spacial score (nSPS) is 13.1. The third kappa shape index (κ3) is 7.91. The van der Waals surface area contributed by atoms with Crippen LogP contribution in [0.1, 0.15) is 64.4 Å². The maximum absolute atomic E-state index is 6.23. The molecule has 0 aliphatic carbocycles. The Bertz CT molecular complexity index is 1310. The zero-order valence-electron chi connectivity index (χ0n) is 25.3. The molecule has 42 heavy (non-hydrogen) atoms. The maximum atomic E-state index is 6.23. The first-order valence-corrected chi connectivity index (χ1v) is 20.0. The van der Waals surface area contributed by atoms with Crippen molar-refractivity contribution in [2.45, 2.75) is 58.8 Å². The van der Waals surface area contributed by atoms with Gasteiger partial charge in [0.1, 0.15) is 0 Å². The van der Waals surface area contributed by atoms with Gasteiger partial charge < -0.3 is 0 Å². The van der Waals surface area contributed by atoms with Gasteiger partial charge in [-0.3, -0.25) is 0 Å². The Balaban J connectivity index is 1.56. The summed E-state index contributed by atoms with van der Waals surface area (Å²) in [5.41, 5.74) is 2.35. The van der Waals surface area contributed by atoms with Crippen LogP contribution in [0.2, 0.25) is 0 Å². The Labute approximate surface area is 262 Å². The third-order valence-electron chi connectivity index (χ3n) is 8.09. The molecule has 0 N–H and O–H groups in total. The SMILES string of the molecule is CCCCCCCCCOc1ccccc1/C=C/C(C)=C/CP(Br)(c1ccccc1)(c1ccccc1)c1ccccc1. The summed E-state index contributed by atoms with van der Waals surface area (Å²) >= 11 is 4.55. The molecule has 3 heteroatoms. The molecule has 0 bridgehead atoms. The Hall–Kier alpha value is -2.93. The van der Waals surface area contributed by atoms with Crippen LogP contribution >= 0.6 is 20.8 Å². The summed E-state index contributed by atoms with van der Waals surface area (Å²) in [7, 11) is 0. The molecule has 0 aliphatic rings. The van der Waals surface area contributed by atoms with Gasteiger partial charge in [-0.25, -0.2) is 0 Å². The van der Waals surface area contributed by atoms with Gasteiger partial charge in [-0.15, -0.1) is 0 Å². The van der Waals surface area contributed by atoms with Gasteiger partial charge in [0.2, 0.25) is 0 Å². The number of hydrogen-bond donors (Lipinski definition) is 0. The van der Waals surface area contributed by atoms with E-state index in [1.165, 1.54) is 60.0 Å². The van der Waals surface area contributed by atoms with E-state index < -0.39 is 5.31 Å². The van der Waals surface area contributed by atoms with Gasteiger partial charge in [0, 0.05) is 0 Å². The Morgan fingerprint density at radius 2 is 1.12 bits per heavy atom. The molecule has 0 aliphatic heterocycles.